The highest BCUT2D eigenvalue weighted by molar-refractivity contribution is 7.83. The second-order valence-electron chi connectivity index (χ2n) is 2.04. The molecule has 0 aliphatic heterocycles. The maximum absolute atomic E-state index is 10.6. The van der Waals surface area contributed by atoms with Crippen molar-refractivity contribution in [3.05, 3.63) is 23.3 Å². The molecule has 0 spiro atoms. The van der Waals surface area contributed by atoms with Gasteiger partial charge in [-0.3, -0.25) is 0 Å². The van der Waals surface area contributed by atoms with Crippen molar-refractivity contribution >= 4 is 41.9 Å². The highest BCUT2D eigenvalue weighted by Gasteiger charge is 2.16. The molecule has 0 saturated carbocycles. The standard InChI is InChI=1S/C6H3ClO4S2/c7-4-2-1-3-5(12(8)9)6(4)13(10)11/h1-3H. The molecule has 0 heterocycles. The summed E-state index contributed by atoms with van der Waals surface area (Å²) in [6.45, 7) is 0. The van der Waals surface area contributed by atoms with Crippen LogP contribution in [0.15, 0.2) is 23.3 Å². The first-order valence-electron chi connectivity index (χ1n) is 3.01. The van der Waals surface area contributed by atoms with E-state index in [1.54, 1.807) is 0 Å². The monoisotopic (exact) mass is 238 g/mol. The van der Waals surface area contributed by atoms with Gasteiger partial charge in [0.15, 0.2) is 0 Å². The zero-order valence-corrected chi connectivity index (χ0v) is 8.45. The van der Waals surface area contributed by atoms with E-state index in [1.807, 2.05) is 0 Å². The molecular formula is C6H3ClO4S2. The number of halogens is 1. The Morgan fingerprint density at radius 2 is 1.69 bits per heavy atom. The topological polar surface area (TPSA) is 68.3 Å². The van der Waals surface area contributed by atoms with Gasteiger partial charge in [-0.15, -0.1) is 0 Å². The molecule has 0 aromatic carbocycles. The molecule has 0 N–H and O–H groups in total. The summed E-state index contributed by atoms with van der Waals surface area (Å²) >= 11 is 5.50. The van der Waals surface area contributed by atoms with Crippen LogP contribution in [0.2, 0.25) is 0 Å². The molecule has 0 bridgehead atoms. The van der Waals surface area contributed by atoms with Gasteiger partial charge in [-0.1, -0.05) is 17.7 Å². The Balaban J connectivity index is 3.71. The van der Waals surface area contributed by atoms with E-state index in [2.05, 4.69) is 0 Å². The van der Waals surface area contributed by atoms with Crippen LogP contribution < -0.4 is 0 Å². The highest BCUT2D eigenvalue weighted by atomic mass is 35.5. The van der Waals surface area contributed by atoms with E-state index in [9.17, 15) is 16.8 Å². The van der Waals surface area contributed by atoms with Gasteiger partial charge in [0.05, 0.1) is 5.03 Å². The van der Waals surface area contributed by atoms with Gasteiger partial charge < -0.3 is 0 Å². The zero-order valence-electron chi connectivity index (χ0n) is 6.06. The second kappa shape index (κ2) is 3.91. The van der Waals surface area contributed by atoms with Gasteiger partial charge in [-0.25, -0.2) is 0 Å². The number of rotatable bonds is 0. The van der Waals surface area contributed by atoms with Crippen molar-refractivity contribution in [2.75, 3.05) is 0 Å². The first kappa shape index (κ1) is 10.2. The average molecular weight is 239 g/mol. The molecule has 13 heavy (non-hydrogen) atoms. The summed E-state index contributed by atoms with van der Waals surface area (Å²) in [7, 11) is -5.25. The lowest BCUT2D eigenvalue weighted by Crippen LogP contribution is -2.16. The van der Waals surface area contributed by atoms with E-state index in [4.69, 9.17) is 11.6 Å². The van der Waals surface area contributed by atoms with E-state index in [1.165, 1.54) is 18.2 Å². The number of hydrogen-bond acceptors (Lipinski definition) is 4. The molecule has 0 aromatic heterocycles. The van der Waals surface area contributed by atoms with E-state index in [0.29, 0.717) is 0 Å². The zero-order chi connectivity index (χ0) is 10.0. The fraction of sp³-hybridized carbons (Fsp3) is 0. The van der Waals surface area contributed by atoms with Crippen molar-refractivity contribution in [3.63, 3.8) is 0 Å². The Labute approximate surface area is 82.2 Å². The Bertz CT molecular complexity index is 544. The maximum Gasteiger partial charge on any atom is 0.224 e. The van der Waals surface area contributed by atoms with Gasteiger partial charge in [0.1, 0.15) is 9.73 Å². The summed E-state index contributed by atoms with van der Waals surface area (Å²) in [6.07, 6.45) is 3.84. The molecule has 0 atom stereocenters. The molecule has 4 nitrogen and oxygen atoms in total. The number of hydrogen-bond donors (Lipinski definition) is 0. The minimum absolute atomic E-state index is 0.102. The summed E-state index contributed by atoms with van der Waals surface area (Å²) in [5.74, 6) is 0. The van der Waals surface area contributed by atoms with Crippen molar-refractivity contribution in [2.24, 2.45) is 0 Å². The van der Waals surface area contributed by atoms with Crippen LogP contribution in [-0.4, -0.2) is 26.6 Å². The molecule has 1 aliphatic rings. The first-order valence-corrected chi connectivity index (χ1v) is 5.54. The van der Waals surface area contributed by atoms with E-state index in [-0.39, 0.29) is 9.90 Å². The third-order valence-corrected chi connectivity index (χ3v) is 3.31. The first-order chi connectivity index (χ1) is 6.04. The SMILES string of the molecule is O=S(=O)=C1C=CC=C(Cl)C1=S(=O)=O. The number of allylic oxidation sites excluding steroid dienone is 4. The third-order valence-electron chi connectivity index (χ3n) is 1.28. The maximum atomic E-state index is 10.6. The molecular weight excluding hydrogens is 236 g/mol. The van der Waals surface area contributed by atoms with Crippen LogP contribution in [0.25, 0.3) is 0 Å². The minimum Gasteiger partial charge on any atom is -0.184 e. The summed E-state index contributed by atoms with van der Waals surface area (Å²) < 4.78 is 42.3. The molecule has 0 amide bonds. The van der Waals surface area contributed by atoms with Crippen LogP contribution in [-0.2, 0) is 20.6 Å². The smallest absolute Gasteiger partial charge is 0.184 e. The Hall–Kier alpha value is -0.850. The Morgan fingerprint density at radius 1 is 1.08 bits per heavy atom. The van der Waals surface area contributed by atoms with Gasteiger partial charge in [0, 0.05) is 0 Å². The molecule has 1 rings (SSSR count). The van der Waals surface area contributed by atoms with Gasteiger partial charge in [0.2, 0.25) is 20.6 Å². The second-order valence-corrected chi connectivity index (χ2v) is 4.23. The minimum atomic E-state index is -2.65. The van der Waals surface area contributed by atoms with E-state index in [0.717, 1.165) is 0 Å². The molecule has 0 fully saturated rings. The largest absolute Gasteiger partial charge is 0.224 e. The van der Waals surface area contributed by atoms with Gasteiger partial charge in [0.25, 0.3) is 0 Å². The van der Waals surface area contributed by atoms with Crippen LogP contribution in [0.3, 0.4) is 0 Å². The van der Waals surface area contributed by atoms with Crippen molar-refractivity contribution < 1.29 is 16.8 Å². The Kier molecular flexibility index (Phi) is 3.07. The predicted octanol–water partition coefficient (Wildman–Crippen LogP) is -0.218. The van der Waals surface area contributed by atoms with Crippen molar-refractivity contribution in [1.82, 2.24) is 0 Å². The quantitative estimate of drug-likeness (QED) is 0.548. The van der Waals surface area contributed by atoms with Crippen LogP contribution in [0.1, 0.15) is 0 Å². The lowest BCUT2D eigenvalue weighted by molar-refractivity contribution is 0.625. The van der Waals surface area contributed by atoms with Crippen LogP contribution in [0.4, 0.5) is 0 Å². The summed E-state index contributed by atoms with van der Waals surface area (Å²) in [5, 5.41) is -0.102. The van der Waals surface area contributed by atoms with Crippen molar-refractivity contribution in [3.8, 4) is 0 Å². The average Bonchev–Trinajstić information content (AvgIpc) is 2.02. The van der Waals surface area contributed by atoms with Gasteiger partial charge in [-0.05, 0) is 12.2 Å². The van der Waals surface area contributed by atoms with Crippen LogP contribution >= 0.6 is 11.6 Å². The van der Waals surface area contributed by atoms with E-state index >= 15 is 0 Å². The third kappa shape index (κ3) is 2.09. The summed E-state index contributed by atoms with van der Waals surface area (Å²) in [5.41, 5.74) is 0. The van der Waals surface area contributed by atoms with Gasteiger partial charge in [-0.2, -0.15) is 16.8 Å². The molecule has 0 aromatic rings. The summed E-state index contributed by atoms with van der Waals surface area (Å²) in [4.78, 5) is -0.710. The van der Waals surface area contributed by atoms with Crippen molar-refractivity contribution in [2.45, 2.75) is 0 Å². The lowest BCUT2D eigenvalue weighted by Gasteiger charge is -2.00. The molecule has 7 heteroatoms. The van der Waals surface area contributed by atoms with Crippen LogP contribution in [0.5, 0.6) is 0 Å². The van der Waals surface area contributed by atoms with Gasteiger partial charge >= 0.3 is 0 Å². The fourth-order valence-electron chi connectivity index (χ4n) is 0.782. The highest BCUT2D eigenvalue weighted by Crippen LogP contribution is 2.10. The fourth-order valence-corrected chi connectivity index (χ4v) is 2.52. The molecule has 0 unspecified atom stereocenters. The van der Waals surface area contributed by atoms with E-state index < -0.39 is 25.5 Å². The predicted molar refractivity (Wildman–Crippen MR) is 50.9 cm³/mol. The van der Waals surface area contributed by atoms with Crippen LogP contribution in [0, 0.1) is 0 Å². The van der Waals surface area contributed by atoms with Crippen molar-refractivity contribution in [1.29, 1.82) is 0 Å². The summed E-state index contributed by atoms with van der Waals surface area (Å²) in [6, 6.07) is 0. The molecule has 1 aliphatic carbocycles. The molecule has 0 saturated heterocycles. The molecule has 0 radical (unpaired) electrons. The normalized spacial score (nSPS) is 15.6. The molecule has 70 valence electrons. The Morgan fingerprint density at radius 3 is 2.08 bits per heavy atom. The lowest BCUT2D eigenvalue weighted by atomic mass is 10.2.